The first-order valence-electron chi connectivity index (χ1n) is 5.70. The third-order valence-electron chi connectivity index (χ3n) is 3.17. The molecule has 0 unspecified atom stereocenters. The van der Waals surface area contributed by atoms with Crippen molar-refractivity contribution < 1.29 is 9.90 Å². The zero-order chi connectivity index (χ0) is 13.3. The van der Waals surface area contributed by atoms with Crippen molar-refractivity contribution in [3.8, 4) is 11.1 Å². The Labute approximate surface area is 106 Å². The number of hydrogen-bond donors (Lipinski definition) is 2. The van der Waals surface area contributed by atoms with E-state index in [0.29, 0.717) is 11.3 Å². The van der Waals surface area contributed by atoms with Crippen molar-refractivity contribution in [3.05, 3.63) is 53.1 Å². The van der Waals surface area contributed by atoms with Gasteiger partial charge in [0.1, 0.15) is 0 Å². The van der Waals surface area contributed by atoms with Crippen molar-refractivity contribution in [2.24, 2.45) is 0 Å². The Morgan fingerprint density at radius 1 is 1.11 bits per heavy atom. The van der Waals surface area contributed by atoms with Gasteiger partial charge in [-0.15, -0.1) is 0 Å². The molecule has 0 radical (unpaired) electrons. The van der Waals surface area contributed by atoms with E-state index in [1.165, 1.54) is 6.07 Å². The van der Waals surface area contributed by atoms with Crippen LogP contribution in [0.2, 0.25) is 0 Å². The molecule has 0 aromatic heterocycles. The van der Waals surface area contributed by atoms with Crippen molar-refractivity contribution in [1.82, 2.24) is 0 Å². The highest BCUT2D eigenvalue weighted by atomic mass is 16.4. The summed E-state index contributed by atoms with van der Waals surface area (Å²) in [6, 6.07) is 10.9. The summed E-state index contributed by atoms with van der Waals surface area (Å²) in [7, 11) is 0. The first kappa shape index (κ1) is 12.2. The molecule has 0 aliphatic carbocycles. The van der Waals surface area contributed by atoms with Gasteiger partial charge in [-0.25, -0.2) is 4.79 Å². The van der Waals surface area contributed by atoms with Crippen molar-refractivity contribution in [1.29, 1.82) is 0 Å². The van der Waals surface area contributed by atoms with E-state index < -0.39 is 5.97 Å². The SMILES string of the molecule is Cc1cccc(-c2ccc(N)cc2C(=O)O)c1C. The van der Waals surface area contributed by atoms with Gasteiger partial charge in [0.25, 0.3) is 0 Å². The Bertz CT molecular complexity index is 618. The second kappa shape index (κ2) is 4.53. The Morgan fingerprint density at radius 2 is 1.83 bits per heavy atom. The van der Waals surface area contributed by atoms with Gasteiger partial charge in [-0.05, 0) is 48.2 Å². The molecule has 0 aliphatic rings. The van der Waals surface area contributed by atoms with E-state index in [1.807, 2.05) is 32.0 Å². The second-order valence-corrected chi connectivity index (χ2v) is 4.36. The van der Waals surface area contributed by atoms with E-state index in [1.54, 1.807) is 12.1 Å². The largest absolute Gasteiger partial charge is 0.478 e. The average molecular weight is 241 g/mol. The van der Waals surface area contributed by atoms with Gasteiger partial charge in [0, 0.05) is 5.69 Å². The molecule has 92 valence electrons. The summed E-state index contributed by atoms with van der Waals surface area (Å²) >= 11 is 0. The van der Waals surface area contributed by atoms with Crippen LogP contribution in [0.4, 0.5) is 5.69 Å². The van der Waals surface area contributed by atoms with Crippen LogP contribution in [-0.2, 0) is 0 Å². The minimum absolute atomic E-state index is 0.240. The molecule has 0 saturated carbocycles. The predicted octanol–water partition coefficient (Wildman–Crippen LogP) is 3.25. The first-order valence-corrected chi connectivity index (χ1v) is 5.70. The lowest BCUT2D eigenvalue weighted by atomic mass is 9.93. The molecule has 0 bridgehead atoms. The molecule has 3 nitrogen and oxygen atoms in total. The highest BCUT2D eigenvalue weighted by Gasteiger charge is 2.14. The normalized spacial score (nSPS) is 10.3. The third kappa shape index (κ3) is 2.07. The molecule has 0 aliphatic heterocycles. The van der Waals surface area contributed by atoms with Gasteiger partial charge in [0.15, 0.2) is 0 Å². The molecule has 2 rings (SSSR count). The van der Waals surface area contributed by atoms with Crippen LogP contribution in [0.25, 0.3) is 11.1 Å². The maximum absolute atomic E-state index is 11.3. The van der Waals surface area contributed by atoms with Crippen LogP contribution < -0.4 is 5.73 Å². The molecule has 0 amide bonds. The predicted molar refractivity (Wildman–Crippen MR) is 72.7 cm³/mol. The molecule has 0 fully saturated rings. The molecule has 3 heteroatoms. The number of benzene rings is 2. The topological polar surface area (TPSA) is 63.3 Å². The van der Waals surface area contributed by atoms with Gasteiger partial charge in [-0.1, -0.05) is 24.3 Å². The van der Waals surface area contributed by atoms with Gasteiger partial charge < -0.3 is 10.8 Å². The quantitative estimate of drug-likeness (QED) is 0.793. The molecule has 2 aromatic carbocycles. The van der Waals surface area contributed by atoms with Gasteiger partial charge in [0.05, 0.1) is 5.56 Å². The molecule has 18 heavy (non-hydrogen) atoms. The van der Waals surface area contributed by atoms with Crippen molar-refractivity contribution in [3.63, 3.8) is 0 Å². The highest BCUT2D eigenvalue weighted by Crippen LogP contribution is 2.29. The maximum atomic E-state index is 11.3. The maximum Gasteiger partial charge on any atom is 0.336 e. The fourth-order valence-corrected chi connectivity index (χ4v) is 2.02. The van der Waals surface area contributed by atoms with Gasteiger partial charge >= 0.3 is 5.97 Å². The third-order valence-corrected chi connectivity index (χ3v) is 3.17. The van der Waals surface area contributed by atoms with Crippen LogP contribution in [0.5, 0.6) is 0 Å². The number of aryl methyl sites for hydroxylation is 1. The Hall–Kier alpha value is -2.29. The lowest BCUT2D eigenvalue weighted by Crippen LogP contribution is -2.02. The Kier molecular flexibility index (Phi) is 3.06. The minimum Gasteiger partial charge on any atom is -0.478 e. The summed E-state index contributed by atoms with van der Waals surface area (Å²) in [6.07, 6.45) is 0. The van der Waals surface area contributed by atoms with Crippen molar-refractivity contribution in [2.75, 3.05) is 5.73 Å². The summed E-state index contributed by atoms with van der Waals surface area (Å²) in [5.74, 6) is -0.960. The number of hydrogen-bond acceptors (Lipinski definition) is 2. The lowest BCUT2D eigenvalue weighted by Gasteiger charge is -2.12. The van der Waals surface area contributed by atoms with Crippen LogP contribution >= 0.6 is 0 Å². The number of anilines is 1. The highest BCUT2D eigenvalue weighted by molar-refractivity contribution is 5.97. The summed E-state index contributed by atoms with van der Waals surface area (Å²) in [6.45, 7) is 4.00. The second-order valence-electron chi connectivity index (χ2n) is 4.36. The fraction of sp³-hybridized carbons (Fsp3) is 0.133. The minimum atomic E-state index is -0.960. The van der Waals surface area contributed by atoms with Crippen LogP contribution in [0.1, 0.15) is 21.5 Å². The number of aromatic carboxylic acids is 1. The first-order chi connectivity index (χ1) is 8.50. The van der Waals surface area contributed by atoms with E-state index in [9.17, 15) is 9.90 Å². The number of carboxylic acid groups (broad SMARTS) is 1. The Balaban J connectivity index is 2.71. The van der Waals surface area contributed by atoms with Gasteiger partial charge in [-0.2, -0.15) is 0 Å². The summed E-state index contributed by atoms with van der Waals surface area (Å²) in [5.41, 5.74) is 10.2. The number of carboxylic acids is 1. The van der Waals surface area contributed by atoms with Gasteiger partial charge in [-0.3, -0.25) is 0 Å². The standard InChI is InChI=1S/C15H15NO2/c1-9-4-3-5-12(10(9)2)13-7-6-11(16)8-14(13)15(17)18/h3-8H,16H2,1-2H3,(H,17,18). The molecule has 3 N–H and O–H groups in total. The van der Waals surface area contributed by atoms with Crippen LogP contribution in [0.3, 0.4) is 0 Å². The average Bonchev–Trinajstić information content (AvgIpc) is 2.33. The Morgan fingerprint density at radius 3 is 2.50 bits per heavy atom. The van der Waals surface area contributed by atoms with E-state index in [4.69, 9.17) is 5.73 Å². The van der Waals surface area contributed by atoms with Crippen LogP contribution in [-0.4, -0.2) is 11.1 Å². The number of nitrogen functional groups attached to an aromatic ring is 1. The zero-order valence-electron chi connectivity index (χ0n) is 10.4. The zero-order valence-corrected chi connectivity index (χ0v) is 10.4. The molecular weight excluding hydrogens is 226 g/mol. The molecule has 0 spiro atoms. The van der Waals surface area contributed by atoms with Crippen molar-refractivity contribution in [2.45, 2.75) is 13.8 Å². The van der Waals surface area contributed by atoms with Crippen LogP contribution in [0.15, 0.2) is 36.4 Å². The molecule has 0 saturated heterocycles. The van der Waals surface area contributed by atoms with E-state index in [0.717, 1.165) is 16.7 Å². The fourth-order valence-electron chi connectivity index (χ4n) is 2.02. The number of carbonyl (C=O) groups is 1. The summed E-state index contributed by atoms with van der Waals surface area (Å²) in [4.78, 5) is 11.3. The summed E-state index contributed by atoms with van der Waals surface area (Å²) < 4.78 is 0. The molecule has 0 heterocycles. The molecule has 0 atom stereocenters. The van der Waals surface area contributed by atoms with Crippen LogP contribution in [0, 0.1) is 13.8 Å². The smallest absolute Gasteiger partial charge is 0.336 e. The molecule has 2 aromatic rings. The molecular formula is C15H15NO2. The van der Waals surface area contributed by atoms with Crippen molar-refractivity contribution >= 4 is 11.7 Å². The number of nitrogens with two attached hydrogens (primary N) is 1. The van der Waals surface area contributed by atoms with E-state index in [2.05, 4.69) is 0 Å². The van der Waals surface area contributed by atoms with E-state index >= 15 is 0 Å². The summed E-state index contributed by atoms with van der Waals surface area (Å²) in [5, 5.41) is 9.26. The van der Waals surface area contributed by atoms with E-state index in [-0.39, 0.29) is 5.56 Å². The number of rotatable bonds is 2. The van der Waals surface area contributed by atoms with Gasteiger partial charge in [0.2, 0.25) is 0 Å². The lowest BCUT2D eigenvalue weighted by molar-refractivity contribution is 0.0698. The monoisotopic (exact) mass is 241 g/mol.